The number of tetrazole rings is 1. The minimum absolute atomic E-state index is 0.0659. The Morgan fingerprint density at radius 3 is 2.66 bits per heavy atom. The van der Waals surface area contributed by atoms with Gasteiger partial charge in [-0.25, -0.2) is 18.3 Å². The summed E-state index contributed by atoms with van der Waals surface area (Å²) in [7, 11) is 0. The molecule has 4 heterocycles. The first-order chi connectivity index (χ1) is 15.5. The van der Waals surface area contributed by atoms with E-state index in [1.165, 1.54) is 28.0 Å². The van der Waals surface area contributed by atoms with E-state index in [0.29, 0.717) is 42.5 Å². The van der Waals surface area contributed by atoms with Crippen molar-refractivity contribution in [3.63, 3.8) is 0 Å². The van der Waals surface area contributed by atoms with Gasteiger partial charge in [0, 0.05) is 36.9 Å². The number of aromatic nitrogens is 6. The number of piperidine rings is 1. The second-order valence-electron chi connectivity index (χ2n) is 7.80. The van der Waals surface area contributed by atoms with Crippen molar-refractivity contribution in [2.45, 2.75) is 25.3 Å². The molecule has 3 aromatic heterocycles. The fraction of sp³-hybridized carbons (Fsp3) is 0.286. The molecule has 0 bridgehead atoms. The van der Waals surface area contributed by atoms with E-state index in [-0.39, 0.29) is 18.2 Å². The smallest absolute Gasteiger partial charge is 0.407 e. The standard InChI is InChI=1S/C21H19F2N7O2/c22-17-8-15(13-1-4-28(5-2-13)21(31)32)10-24-19(17)11-29-6-3-14-7-16(9-18(23)20(14)29)30-12-25-26-27-30/h3,6-10,12-13H,1-2,4-5,11H2,(H,31,32). The minimum Gasteiger partial charge on any atom is -0.465 e. The molecule has 1 N–H and O–H groups in total. The molecular formula is C21H19F2N7O2. The molecule has 0 atom stereocenters. The Labute approximate surface area is 180 Å². The predicted octanol–water partition coefficient (Wildman–Crippen LogP) is 3.20. The molecule has 1 amide bonds. The van der Waals surface area contributed by atoms with Gasteiger partial charge in [0.25, 0.3) is 0 Å². The Hall–Kier alpha value is -3.89. The molecule has 1 saturated heterocycles. The summed E-state index contributed by atoms with van der Waals surface area (Å²) in [6.07, 6.45) is 5.03. The first-order valence-corrected chi connectivity index (χ1v) is 10.1. The van der Waals surface area contributed by atoms with Crippen LogP contribution in [0.4, 0.5) is 13.6 Å². The summed E-state index contributed by atoms with van der Waals surface area (Å²) in [5.74, 6) is -0.868. The third kappa shape index (κ3) is 3.66. The lowest BCUT2D eigenvalue weighted by Gasteiger charge is -2.30. The summed E-state index contributed by atoms with van der Waals surface area (Å²) in [4.78, 5) is 16.7. The number of nitrogens with zero attached hydrogens (tertiary/aromatic N) is 7. The molecular weight excluding hydrogens is 420 g/mol. The number of pyridine rings is 1. The lowest BCUT2D eigenvalue weighted by Crippen LogP contribution is -2.36. The second-order valence-corrected chi connectivity index (χ2v) is 7.80. The van der Waals surface area contributed by atoms with Crippen LogP contribution in [0.1, 0.15) is 30.0 Å². The summed E-state index contributed by atoms with van der Waals surface area (Å²) in [5.41, 5.74) is 1.79. The summed E-state index contributed by atoms with van der Waals surface area (Å²) in [6, 6.07) is 6.28. The van der Waals surface area contributed by atoms with Gasteiger partial charge in [-0.05, 0) is 52.9 Å². The highest BCUT2D eigenvalue weighted by Gasteiger charge is 2.24. The van der Waals surface area contributed by atoms with Crippen molar-refractivity contribution in [1.82, 2.24) is 34.7 Å². The van der Waals surface area contributed by atoms with Crippen LogP contribution in [-0.2, 0) is 6.54 Å². The maximum Gasteiger partial charge on any atom is 0.407 e. The summed E-state index contributed by atoms with van der Waals surface area (Å²) < 4.78 is 32.7. The van der Waals surface area contributed by atoms with Crippen molar-refractivity contribution in [3.05, 3.63) is 65.9 Å². The summed E-state index contributed by atoms with van der Waals surface area (Å²) in [6.45, 7) is 0.920. The molecule has 0 aliphatic carbocycles. The molecule has 0 saturated carbocycles. The SMILES string of the molecule is O=C(O)N1CCC(c2cnc(Cn3ccc4cc(-n5cnnn5)cc(F)c43)c(F)c2)CC1. The van der Waals surface area contributed by atoms with Gasteiger partial charge >= 0.3 is 6.09 Å². The monoisotopic (exact) mass is 439 g/mol. The molecule has 1 aromatic carbocycles. The lowest BCUT2D eigenvalue weighted by atomic mass is 9.90. The molecule has 11 heteroatoms. The molecule has 0 radical (unpaired) electrons. The van der Waals surface area contributed by atoms with E-state index in [0.717, 1.165) is 5.56 Å². The van der Waals surface area contributed by atoms with Crippen LogP contribution in [0, 0.1) is 11.6 Å². The van der Waals surface area contributed by atoms with Crippen molar-refractivity contribution in [1.29, 1.82) is 0 Å². The second kappa shape index (κ2) is 7.98. The number of hydrogen-bond acceptors (Lipinski definition) is 5. The molecule has 0 unspecified atom stereocenters. The molecule has 5 rings (SSSR count). The van der Waals surface area contributed by atoms with Crippen LogP contribution in [-0.4, -0.2) is 58.9 Å². The van der Waals surface area contributed by atoms with Crippen molar-refractivity contribution in [2.24, 2.45) is 0 Å². The number of halogens is 2. The van der Waals surface area contributed by atoms with Crippen LogP contribution in [0.15, 0.2) is 43.0 Å². The molecule has 32 heavy (non-hydrogen) atoms. The molecule has 1 fully saturated rings. The zero-order valence-electron chi connectivity index (χ0n) is 16.9. The van der Waals surface area contributed by atoms with Crippen LogP contribution >= 0.6 is 0 Å². The first kappa shape index (κ1) is 20.0. The van der Waals surface area contributed by atoms with Gasteiger partial charge in [-0.3, -0.25) is 4.98 Å². The number of likely N-dealkylation sites (tertiary alicyclic amines) is 1. The van der Waals surface area contributed by atoms with Crippen LogP contribution in [0.3, 0.4) is 0 Å². The van der Waals surface area contributed by atoms with Gasteiger partial charge < -0.3 is 14.6 Å². The minimum atomic E-state index is -0.931. The number of rotatable bonds is 4. The largest absolute Gasteiger partial charge is 0.465 e. The highest BCUT2D eigenvalue weighted by atomic mass is 19.1. The highest BCUT2D eigenvalue weighted by molar-refractivity contribution is 5.83. The average molecular weight is 439 g/mol. The van der Waals surface area contributed by atoms with Gasteiger partial charge in [-0.15, -0.1) is 5.10 Å². The lowest BCUT2D eigenvalue weighted by molar-refractivity contribution is 0.132. The van der Waals surface area contributed by atoms with Crippen LogP contribution in [0.2, 0.25) is 0 Å². The Morgan fingerprint density at radius 1 is 1.16 bits per heavy atom. The van der Waals surface area contributed by atoms with Crippen molar-refractivity contribution in [2.75, 3.05) is 13.1 Å². The number of fused-ring (bicyclic) bond motifs is 1. The van der Waals surface area contributed by atoms with E-state index < -0.39 is 17.7 Å². The molecule has 4 aromatic rings. The zero-order valence-corrected chi connectivity index (χ0v) is 16.9. The number of carboxylic acid groups (broad SMARTS) is 1. The van der Waals surface area contributed by atoms with Crippen molar-refractivity contribution >= 4 is 17.0 Å². The highest BCUT2D eigenvalue weighted by Crippen LogP contribution is 2.29. The number of carbonyl (C=O) groups is 1. The molecule has 1 aliphatic rings. The van der Waals surface area contributed by atoms with Gasteiger partial charge in [0.15, 0.2) is 0 Å². The molecule has 164 valence electrons. The van der Waals surface area contributed by atoms with Gasteiger partial charge in [0.1, 0.15) is 18.0 Å². The zero-order chi connectivity index (χ0) is 22.2. The quantitative estimate of drug-likeness (QED) is 0.524. The Morgan fingerprint density at radius 2 is 1.97 bits per heavy atom. The third-order valence-electron chi connectivity index (χ3n) is 5.91. The number of hydrogen-bond donors (Lipinski definition) is 1. The fourth-order valence-electron chi connectivity index (χ4n) is 4.21. The van der Waals surface area contributed by atoms with E-state index >= 15 is 0 Å². The average Bonchev–Trinajstić information content (AvgIpc) is 3.46. The van der Waals surface area contributed by atoms with Gasteiger partial charge in [-0.2, -0.15) is 0 Å². The first-order valence-electron chi connectivity index (χ1n) is 10.1. The van der Waals surface area contributed by atoms with Gasteiger partial charge in [0.05, 0.1) is 23.4 Å². The van der Waals surface area contributed by atoms with Gasteiger partial charge in [-0.1, -0.05) is 0 Å². The predicted molar refractivity (Wildman–Crippen MR) is 109 cm³/mol. The number of amides is 1. The number of benzene rings is 1. The Bertz CT molecular complexity index is 1280. The topological polar surface area (TPSA) is 102 Å². The third-order valence-corrected chi connectivity index (χ3v) is 5.91. The fourth-order valence-corrected chi connectivity index (χ4v) is 4.21. The molecule has 0 spiro atoms. The van der Waals surface area contributed by atoms with E-state index in [2.05, 4.69) is 20.5 Å². The van der Waals surface area contributed by atoms with Crippen molar-refractivity contribution in [3.8, 4) is 5.69 Å². The van der Waals surface area contributed by atoms with E-state index in [9.17, 15) is 13.6 Å². The normalized spacial score (nSPS) is 14.9. The van der Waals surface area contributed by atoms with Crippen molar-refractivity contribution < 1.29 is 18.7 Å². The summed E-state index contributed by atoms with van der Waals surface area (Å²) >= 11 is 0. The van der Waals surface area contributed by atoms with E-state index in [4.69, 9.17) is 5.11 Å². The van der Waals surface area contributed by atoms with Crippen LogP contribution in [0.25, 0.3) is 16.6 Å². The Kier molecular flexibility index (Phi) is 5.00. The maximum atomic E-state index is 14.9. The maximum absolute atomic E-state index is 14.9. The van der Waals surface area contributed by atoms with Crippen LogP contribution in [0.5, 0.6) is 0 Å². The van der Waals surface area contributed by atoms with E-state index in [1.54, 1.807) is 29.1 Å². The van der Waals surface area contributed by atoms with Crippen LogP contribution < -0.4 is 0 Å². The summed E-state index contributed by atoms with van der Waals surface area (Å²) in [5, 5.41) is 20.6. The molecule has 9 nitrogen and oxygen atoms in total. The van der Waals surface area contributed by atoms with Gasteiger partial charge in [0.2, 0.25) is 0 Å². The van der Waals surface area contributed by atoms with E-state index in [1.807, 2.05) is 0 Å². The molecule has 1 aliphatic heterocycles. The Balaban J connectivity index is 1.37.